The average molecular weight is 272 g/mol. The molecule has 0 aliphatic rings. The van der Waals surface area contributed by atoms with Gasteiger partial charge in [-0.15, -0.1) is 11.3 Å². The fraction of sp³-hybridized carbons (Fsp3) is 0.455. The summed E-state index contributed by atoms with van der Waals surface area (Å²) in [6.45, 7) is 3.70. The van der Waals surface area contributed by atoms with E-state index in [1.165, 1.54) is 11.3 Å². The first-order valence-electron chi connectivity index (χ1n) is 5.52. The molecule has 1 unspecified atom stereocenters. The van der Waals surface area contributed by atoms with Gasteiger partial charge in [0.15, 0.2) is 0 Å². The van der Waals surface area contributed by atoms with Crippen LogP contribution in [0.3, 0.4) is 0 Å². The molecule has 6 nitrogen and oxygen atoms in total. The van der Waals surface area contributed by atoms with Gasteiger partial charge >= 0.3 is 6.09 Å². The van der Waals surface area contributed by atoms with E-state index in [4.69, 9.17) is 9.84 Å². The quantitative estimate of drug-likeness (QED) is 0.756. The lowest BCUT2D eigenvalue weighted by Crippen LogP contribution is -2.30. The molecule has 0 spiro atoms. The molecule has 1 heterocycles. The van der Waals surface area contributed by atoms with Gasteiger partial charge in [0, 0.05) is 6.54 Å². The third-order valence-electron chi connectivity index (χ3n) is 1.94. The smallest absolute Gasteiger partial charge is 0.411 e. The summed E-state index contributed by atoms with van der Waals surface area (Å²) in [4.78, 5) is 23.4. The summed E-state index contributed by atoms with van der Waals surface area (Å²) < 4.78 is 4.73. The van der Waals surface area contributed by atoms with Crippen LogP contribution < -0.4 is 10.6 Å². The summed E-state index contributed by atoms with van der Waals surface area (Å²) >= 11 is 1.21. The topological polar surface area (TPSA) is 87.7 Å². The first-order valence-corrected chi connectivity index (χ1v) is 6.40. The molecule has 0 radical (unpaired) electrons. The van der Waals surface area contributed by atoms with Gasteiger partial charge in [0.05, 0.1) is 18.4 Å². The number of hydrogen-bond acceptors (Lipinski definition) is 5. The van der Waals surface area contributed by atoms with Crippen LogP contribution in [-0.4, -0.2) is 36.4 Å². The van der Waals surface area contributed by atoms with Crippen LogP contribution in [0.25, 0.3) is 0 Å². The number of hydrogen-bond donors (Lipinski definition) is 3. The van der Waals surface area contributed by atoms with Crippen molar-refractivity contribution < 1.29 is 19.4 Å². The minimum Gasteiger partial charge on any atom is -0.450 e. The zero-order valence-corrected chi connectivity index (χ0v) is 11.0. The summed E-state index contributed by atoms with van der Waals surface area (Å²) in [7, 11) is 0. The molecule has 1 rings (SSSR count). The molecule has 7 heteroatoms. The van der Waals surface area contributed by atoms with E-state index in [0.717, 1.165) is 0 Å². The highest BCUT2D eigenvalue weighted by molar-refractivity contribution is 7.12. The number of rotatable bonds is 5. The molecule has 100 valence electrons. The van der Waals surface area contributed by atoms with Crippen LogP contribution in [0, 0.1) is 0 Å². The van der Waals surface area contributed by atoms with Crippen LogP contribution in [0.2, 0.25) is 0 Å². The second-order valence-corrected chi connectivity index (χ2v) is 4.48. The van der Waals surface area contributed by atoms with Crippen LogP contribution in [0.4, 0.5) is 10.5 Å². The van der Waals surface area contributed by atoms with Crippen LogP contribution in [0.5, 0.6) is 0 Å². The van der Waals surface area contributed by atoms with Gasteiger partial charge in [-0.2, -0.15) is 0 Å². The lowest BCUT2D eigenvalue weighted by Gasteiger charge is -2.08. The number of nitrogens with one attached hydrogen (secondary N) is 2. The molecule has 0 fully saturated rings. The van der Waals surface area contributed by atoms with Crippen molar-refractivity contribution in [2.45, 2.75) is 20.0 Å². The predicted molar refractivity (Wildman–Crippen MR) is 69.0 cm³/mol. The fourth-order valence-corrected chi connectivity index (χ4v) is 1.95. The zero-order valence-electron chi connectivity index (χ0n) is 10.2. The maximum atomic E-state index is 11.8. The molecule has 0 aliphatic carbocycles. The number of aliphatic hydroxyl groups excluding tert-OH is 1. The number of aliphatic hydroxyl groups is 1. The Hall–Kier alpha value is -1.60. The molecule has 0 bridgehead atoms. The monoisotopic (exact) mass is 272 g/mol. The van der Waals surface area contributed by atoms with E-state index in [-0.39, 0.29) is 19.1 Å². The summed E-state index contributed by atoms with van der Waals surface area (Å²) in [6, 6.07) is 1.62. The van der Waals surface area contributed by atoms with Gasteiger partial charge in [-0.25, -0.2) is 4.79 Å². The van der Waals surface area contributed by atoms with Crippen LogP contribution >= 0.6 is 11.3 Å². The van der Waals surface area contributed by atoms with Crippen molar-refractivity contribution in [1.82, 2.24) is 5.32 Å². The molecule has 18 heavy (non-hydrogen) atoms. The van der Waals surface area contributed by atoms with E-state index in [1.54, 1.807) is 25.3 Å². The van der Waals surface area contributed by atoms with Crippen LogP contribution in [0.1, 0.15) is 23.5 Å². The third-order valence-corrected chi connectivity index (χ3v) is 2.85. The number of carbonyl (C=O) groups excluding carboxylic acids is 2. The Morgan fingerprint density at radius 2 is 2.28 bits per heavy atom. The predicted octanol–water partition coefficient (Wildman–Crippen LogP) is 1.43. The van der Waals surface area contributed by atoms with Crippen molar-refractivity contribution in [2.75, 3.05) is 18.5 Å². The Kier molecular flexibility index (Phi) is 5.60. The summed E-state index contributed by atoms with van der Waals surface area (Å²) in [5, 5.41) is 15.8. The lowest BCUT2D eigenvalue weighted by atomic mass is 10.3. The number of anilines is 1. The highest BCUT2D eigenvalue weighted by Gasteiger charge is 2.15. The SMILES string of the molecule is CCOC(=O)Nc1ccsc1C(=O)NCC(C)O. The highest BCUT2D eigenvalue weighted by Crippen LogP contribution is 2.22. The van der Waals surface area contributed by atoms with Gasteiger partial charge in [-0.1, -0.05) is 0 Å². The summed E-state index contributed by atoms with van der Waals surface area (Å²) in [6.07, 6.45) is -1.21. The van der Waals surface area contributed by atoms with E-state index < -0.39 is 12.2 Å². The first-order chi connectivity index (χ1) is 8.54. The van der Waals surface area contributed by atoms with E-state index >= 15 is 0 Å². The summed E-state index contributed by atoms with van der Waals surface area (Å²) in [5.74, 6) is -0.335. The number of amides is 2. The molecule has 1 aromatic heterocycles. The average Bonchev–Trinajstić information content (AvgIpc) is 2.74. The van der Waals surface area contributed by atoms with Crippen LogP contribution in [0.15, 0.2) is 11.4 Å². The normalized spacial score (nSPS) is 11.7. The molecule has 0 saturated carbocycles. The molecule has 2 amide bonds. The third kappa shape index (κ3) is 4.34. The zero-order chi connectivity index (χ0) is 13.5. The second-order valence-electron chi connectivity index (χ2n) is 3.57. The van der Waals surface area contributed by atoms with Gasteiger partial charge in [-0.05, 0) is 25.3 Å². The number of carbonyl (C=O) groups is 2. The maximum Gasteiger partial charge on any atom is 0.411 e. The lowest BCUT2D eigenvalue weighted by molar-refractivity contribution is 0.0929. The molecule has 0 aromatic carbocycles. The maximum absolute atomic E-state index is 11.8. The molecular weight excluding hydrogens is 256 g/mol. The highest BCUT2D eigenvalue weighted by atomic mass is 32.1. The molecular formula is C11H16N2O4S. The van der Waals surface area contributed by atoms with Crippen molar-refractivity contribution in [2.24, 2.45) is 0 Å². The number of ether oxygens (including phenoxy) is 1. The number of thiophene rings is 1. The van der Waals surface area contributed by atoms with Crippen molar-refractivity contribution in [3.05, 3.63) is 16.3 Å². The van der Waals surface area contributed by atoms with Crippen molar-refractivity contribution in [1.29, 1.82) is 0 Å². The minimum atomic E-state index is -0.615. The Balaban J connectivity index is 2.64. The fourth-order valence-electron chi connectivity index (χ4n) is 1.18. The second kappa shape index (κ2) is 6.97. The van der Waals surface area contributed by atoms with E-state index in [9.17, 15) is 9.59 Å². The molecule has 0 aliphatic heterocycles. The Morgan fingerprint density at radius 1 is 1.56 bits per heavy atom. The largest absolute Gasteiger partial charge is 0.450 e. The van der Waals surface area contributed by atoms with Crippen molar-refractivity contribution in [3.8, 4) is 0 Å². The van der Waals surface area contributed by atoms with Crippen molar-refractivity contribution in [3.63, 3.8) is 0 Å². The van der Waals surface area contributed by atoms with Gasteiger partial charge < -0.3 is 15.2 Å². The van der Waals surface area contributed by atoms with Gasteiger partial charge in [0.1, 0.15) is 4.88 Å². The molecule has 0 saturated heterocycles. The Labute approximate surface area is 109 Å². The summed E-state index contributed by atoms with van der Waals surface area (Å²) in [5.41, 5.74) is 0.404. The Morgan fingerprint density at radius 3 is 2.89 bits per heavy atom. The Bertz CT molecular complexity index is 417. The van der Waals surface area contributed by atoms with Crippen molar-refractivity contribution >= 4 is 29.0 Å². The van der Waals surface area contributed by atoms with E-state index in [0.29, 0.717) is 10.6 Å². The van der Waals surface area contributed by atoms with Gasteiger partial charge in [-0.3, -0.25) is 10.1 Å². The van der Waals surface area contributed by atoms with E-state index in [2.05, 4.69) is 10.6 Å². The standard InChI is InChI=1S/C11H16N2O4S/c1-3-17-11(16)13-8-4-5-18-9(8)10(15)12-6-7(2)14/h4-5,7,14H,3,6H2,1-2H3,(H,12,15)(H,13,16). The van der Waals surface area contributed by atoms with Gasteiger partial charge in [0.2, 0.25) is 0 Å². The van der Waals surface area contributed by atoms with Gasteiger partial charge in [0.25, 0.3) is 5.91 Å². The van der Waals surface area contributed by atoms with E-state index in [1.807, 2.05) is 0 Å². The first kappa shape index (κ1) is 14.5. The van der Waals surface area contributed by atoms with Crippen LogP contribution in [-0.2, 0) is 4.74 Å². The minimum absolute atomic E-state index is 0.162. The molecule has 1 aromatic rings. The molecule has 3 N–H and O–H groups in total. The molecule has 1 atom stereocenters.